The summed E-state index contributed by atoms with van der Waals surface area (Å²) >= 11 is 11.9. The van der Waals surface area contributed by atoms with Crippen LogP contribution in [0.2, 0.25) is 10.0 Å². The van der Waals surface area contributed by atoms with E-state index in [0.717, 1.165) is 6.54 Å². The highest BCUT2D eigenvalue weighted by Gasteiger charge is 2.23. The van der Waals surface area contributed by atoms with Crippen LogP contribution in [0.5, 0.6) is 0 Å². The lowest BCUT2D eigenvalue weighted by molar-refractivity contribution is 0.0709. The molecule has 0 aliphatic carbocycles. The number of hydrogen-bond donors (Lipinski definition) is 1. The molecule has 0 radical (unpaired) electrons. The standard InChI is InChI=1S/C12H14Cl2N2O/c1-8-7-16(5-4-15-8)12(17)10-6-9(13)2-3-11(10)14/h2-3,6,8,15H,4-5,7H2,1H3. The normalized spacial score (nSPS) is 20.4. The number of hydrogen-bond acceptors (Lipinski definition) is 2. The number of rotatable bonds is 1. The van der Waals surface area contributed by atoms with Crippen molar-refractivity contribution in [1.82, 2.24) is 10.2 Å². The Balaban J connectivity index is 2.21. The first-order valence-electron chi connectivity index (χ1n) is 5.55. The van der Waals surface area contributed by atoms with Gasteiger partial charge in [-0.2, -0.15) is 0 Å². The number of nitrogens with zero attached hydrogens (tertiary/aromatic N) is 1. The third-order valence-corrected chi connectivity index (χ3v) is 3.38. The molecule has 17 heavy (non-hydrogen) atoms. The van der Waals surface area contributed by atoms with Crippen LogP contribution in [0, 0.1) is 0 Å². The molecular weight excluding hydrogens is 259 g/mol. The first kappa shape index (κ1) is 12.7. The molecule has 1 aliphatic heterocycles. The van der Waals surface area contributed by atoms with Crippen molar-refractivity contribution >= 4 is 29.1 Å². The van der Waals surface area contributed by atoms with Gasteiger partial charge in [-0.05, 0) is 25.1 Å². The Kier molecular flexibility index (Phi) is 3.92. The third kappa shape index (κ3) is 2.92. The van der Waals surface area contributed by atoms with Gasteiger partial charge in [-0.15, -0.1) is 0 Å². The zero-order valence-corrected chi connectivity index (χ0v) is 11.1. The van der Waals surface area contributed by atoms with Crippen LogP contribution in [-0.2, 0) is 0 Å². The van der Waals surface area contributed by atoms with E-state index < -0.39 is 0 Å². The Morgan fingerprint density at radius 2 is 2.24 bits per heavy atom. The first-order chi connectivity index (χ1) is 8.08. The molecule has 0 saturated carbocycles. The second kappa shape index (κ2) is 5.25. The van der Waals surface area contributed by atoms with Crippen molar-refractivity contribution in [1.29, 1.82) is 0 Å². The van der Waals surface area contributed by atoms with Crippen molar-refractivity contribution < 1.29 is 4.79 Å². The fourth-order valence-electron chi connectivity index (χ4n) is 1.95. The maximum Gasteiger partial charge on any atom is 0.255 e. The van der Waals surface area contributed by atoms with Crippen LogP contribution in [0.25, 0.3) is 0 Å². The molecule has 1 saturated heterocycles. The molecule has 1 fully saturated rings. The Morgan fingerprint density at radius 3 is 2.94 bits per heavy atom. The van der Waals surface area contributed by atoms with Crippen molar-refractivity contribution in [2.75, 3.05) is 19.6 Å². The number of piperazine rings is 1. The smallest absolute Gasteiger partial charge is 0.255 e. The van der Waals surface area contributed by atoms with E-state index in [4.69, 9.17) is 23.2 Å². The fourth-order valence-corrected chi connectivity index (χ4v) is 2.32. The molecule has 1 heterocycles. The fraction of sp³-hybridized carbons (Fsp3) is 0.417. The van der Waals surface area contributed by atoms with Crippen molar-refractivity contribution in [3.63, 3.8) is 0 Å². The molecule has 92 valence electrons. The second-order valence-electron chi connectivity index (χ2n) is 4.23. The number of benzene rings is 1. The van der Waals surface area contributed by atoms with Gasteiger partial charge in [0.05, 0.1) is 10.6 Å². The van der Waals surface area contributed by atoms with E-state index >= 15 is 0 Å². The summed E-state index contributed by atoms with van der Waals surface area (Å²) in [4.78, 5) is 14.1. The maximum atomic E-state index is 12.3. The van der Waals surface area contributed by atoms with Gasteiger partial charge >= 0.3 is 0 Å². The molecule has 2 rings (SSSR count). The van der Waals surface area contributed by atoms with E-state index in [2.05, 4.69) is 12.2 Å². The highest BCUT2D eigenvalue weighted by molar-refractivity contribution is 6.35. The predicted molar refractivity (Wildman–Crippen MR) is 69.8 cm³/mol. The molecule has 0 bridgehead atoms. The zero-order chi connectivity index (χ0) is 12.4. The van der Waals surface area contributed by atoms with Crippen molar-refractivity contribution in [2.45, 2.75) is 13.0 Å². The highest BCUT2D eigenvalue weighted by Crippen LogP contribution is 2.22. The van der Waals surface area contributed by atoms with Gasteiger partial charge in [-0.25, -0.2) is 0 Å². The van der Waals surface area contributed by atoms with Gasteiger partial charge in [0.25, 0.3) is 5.91 Å². The van der Waals surface area contributed by atoms with Crippen LogP contribution in [0.15, 0.2) is 18.2 Å². The van der Waals surface area contributed by atoms with Crippen molar-refractivity contribution in [2.24, 2.45) is 0 Å². The minimum absolute atomic E-state index is 0.0501. The van der Waals surface area contributed by atoms with Gasteiger partial charge in [-0.1, -0.05) is 23.2 Å². The van der Waals surface area contributed by atoms with Crippen LogP contribution in [0.3, 0.4) is 0 Å². The summed E-state index contributed by atoms with van der Waals surface area (Å²) in [6.45, 7) is 4.26. The van der Waals surface area contributed by atoms with Gasteiger partial charge in [0.1, 0.15) is 0 Å². The lowest BCUT2D eigenvalue weighted by Gasteiger charge is -2.32. The van der Waals surface area contributed by atoms with Gasteiger partial charge in [0, 0.05) is 30.7 Å². The minimum atomic E-state index is -0.0501. The van der Waals surface area contributed by atoms with Gasteiger partial charge < -0.3 is 10.2 Å². The molecule has 0 aromatic heterocycles. The summed E-state index contributed by atoms with van der Waals surface area (Å²) in [5, 5.41) is 4.27. The molecule has 5 heteroatoms. The lowest BCUT2D eigenvalue weighted by Crippen LogP contribution is -2.51. The number of nitrogens with one attached hydrogen (secondary N) is 1. The summed E-state index contributed by atoms with van der Waals surface area (Å²) in [6.07, 6.45) is 0. The predicted octanol–water partition coefficient (Wildman–Crippen LogP) is 2.43. The molecule has 1 amide bonds. The Hall–Kier alpha value is -0.770. The average Bonchev–Trinajstić information content (AvgIpc) is 2.31. The summed E-state index contributed by atoms with van der Waals surface area (Å²) in [7, 11) is 0. The summed E-state index contributed by atoms with van der Waals surface area (Å²) < 4.78 is 0. The second-order valence-corrected chi connectivity index (χ2v) is 5.07. The van der Waals surface area contributed by atoms with E-state index in [1.807, 2.05) is 0 Å². The molecule has 1 aromatic rings. The number of amides is 1. The first-order valence-corrected chi connectivity index (χ1v) is 6.31. The topological polar surface area (TPSA) is 32.3 Å². The largest absolute Gasteiger partial charge is 0.336 e. The number of carbonyl (C=O) groups excluding carboxylic acids is 1. The Labute approximate surface area is 111 Å². The van der Waals surface area contributed by atoms with E-state index in [1.165, 1.54) is 0 Å². The summed E-state index contributed by atoms with van der Waals surface area (Å²) in [6, 6.07) is 5.27. The van der Waals surface area contributed by atoms with Gasteiger partial charge in [0.15, 0.2) is 0 Å². The summed E-state index contributed by atoms with van der Waals surface area (Å²) in [5.74, 6) is -0.0501. The van der Waals surface area contributed by atoms with Gasteiger partial charge in [-0.3, -0.25) is 4.79 Å². The molecule has 1 atom stereocenters. The van der Waals surface area contributed by atoms with Crippen LogP contribution >= 0.6 is 23.2 Å². The van der Waals surface area contributed by atoms with E-state index in [1.54, 1.807) is 23.1 Å². The molecule has 1 aromatic carbocycles. The zero-order valence-electron chi connectivity index (χ0n) is 9.54. The molecule has 1 N–H and O–H groups in total. The van der Waals surface area contributed by atoms with Crippen LogP contribution < -0.4 is 5.32 Å². The van der Waals surface area contributed by atoms with E-state index in [9.17, 15) is 4.79 Å². The quantitative estimate of drug-likeness (QED) is 0.852. The molecule has 0 spiro atoms. The highest BCUT2D eigenvalue weighted by atomic mass is 35.5. The van der Waals surface area contributed by atoms with Crippen LogP contribution in [0.1, 0.15) is 17.3 Å². The molecular formula is C12H14Cl2N2O. The lowest BCUT2D eigenvalue weighted by atomic mass is 10.1. The molecule has 3 nitrogen and oxygen atoms in total. The monoisotopic (exact) mass is 272 g/mol. The Bertz CT molecular complexity index is 437. The van der Waals surface area contributed by atoms with E-state index in [-0.39, 0.29) is 5.91 Å². The van der Waals surface area contributed by atoms with Crippen molar-refractivity contribution in [3.8, 4) is 0 Å². The van der Waals surface area contributed by atoms with E-state index in [0.29, 0.717) is 34.7 Å². The minimum Gasteiger partial charge on any atom is -0.336 e. The Morgan fingerprint density at radius 1 is 1.47 bits per heavy atom. The van der Waals surface area contributed by atoms with Gasteiger partial charge in [0.2, 0.25) is 0 Å². The average molecular weight is 273 g/mol. The molecule has 1 unspecified atom stereocenters. The maximum absolute atomic E-state index is 12.3. The SMILES string of the molecule is CC1CN(C(=O)c2cc(Cl)ccc2Cl)CCN1. The van der Waals surface area contributed by atoms with Crippen molar-refractivity contribution in [3.05, 3.63) is 33.8 Å². The van der Waals surface area contributed by atoms with Crippen LogP contribution in [-0.4, -0.2) is 36.5 Å². The summed E-state index contributed by atoms with van der Waals surface area (Å²) in [5.41, 5.74) is 0.480. The third-order valence-electron chi connectivity index (χ3n) is 2.81. The number of halogens is 2. The number of carbonyl (C=O) groups is 1. The van der Waals surface area contributed by atoms with Crippen LogP contribution in [0.4, 0.5) is 0 Å². The molecule has 1 aliphatic rings.